The number of benzene rings is 2. The van der Waals surface area contributed by atoms with Gasteiger partial charge >= 0.3 is 5.97 Å². The molecule has 0 bridgehead atoms. The van der Waals surface area contributed by atoms with Crippen molar-refractivity contribution < 1.29 is 14.3 Å². The first kappa shape index (κ1) is 22.6. The second-order valence-electron chi connectivity index (χ2n) is 7.47. The summed E-state index contributed by atoms with van der Waals surface area (Å²) in [6.07, 6.45) is 0.752. The number of rotatable bonds is 7. The number of halogens is 1. The van der Waals surface area contributed by atoms with Crippen molar-refractivity contribution in [3.8, 4) is 16.9 Å². The molecule has 0 spiro atoms. The molecule has 31 heavy (non-hydrogen) atoms. The fourth-order valence-electron chi connectivity index (χ4n) is 3.41. The minimum absolute atomic E-state index is 0.253. The monoisotopic (exact) mass is 439 g/mol. The summed E-state index contributed by atoms with van der Waals surface area (Å²) in [5.41, 5.74) is 5.91. The van der Waals surface area contributed by atoms with Crippen LogP contribution in [0.25, 0.3) is 16.9 Å². The van der Waals surface area contributed by atoms with Gasteiger partial charge in [-0.1, -0.05) is 41.4 Å². The molecule has 0 unspecified atom stereocenters. The lowest BCUT2D eigenvalue weighted by Crippen LogP contribution is -2.26. The van der Waals surface area contributed by atoms with Crippen molar-refractivity contribution in [2.45, 2.75) is 33.6 Å². The van der Waals surface area contributed by atoms with Crippen LogP contribution in [0, 0.1) is 20.8 Å². The number of carbonyl (C=O) groups excluding carboxylic acids is 2. The van der Waals surface area contributed by atoms with E-state index in [0.29, 0.717) is 23.7 Å². The molecule has 0 aliphatic heterocycles. The Morgan fingerprint density at radius 1 is 1.10 bits per heavy atom. The highest BCUT2D eigenvalue weighted by Gasteiger charge is 2.22. The minimum atomic E-state index is -0.297. The van der Waals surface area contributed by atoms with Gasteiger partial charge in [0.15, 0.2) is 5.69 Å². The first-order valence-electron chi connectivity index (χ1n) is 10.1. The van der Waals surface area contributed by atoms with Gasteiger partial charge in [0.25, 0.3) is 5.91 Å². The first-order valence-corrected chi connectivity index (χ1v) is 10.5. The number of hydrogen-bond donors (Lipinski definition) is 1. The number of aryl methyl sites for hydroxylation is 2. The number of esters is 1. The molecule has 6 nitrogen and oxygen atoms in total. The highest BCUT2D eigenvalue weighted by molar-refractivity contribution is 6.30. The summed E-state index contributed by atoms with van der Waals surface area (Å²) in [4.78, 5) is 24.1. The third-order valence-corrected chi connectivity index (χ3v) is 5.36. The van der Waals surface area contributed by atoms with Gasteiger partial charge in [-0.25, -0.2) is 4.68 Å². The number of methoxy groups -OCH3 is 1. The molecule has 7 heteroatoms. The number of ether oxygens (including phenoxy) is 1. The quantitative estimate of drug-likeness (QED) is 0.424. The Labute approximate surface area is 187 Å². The van der Waals surface area contributed by atoms with E-state index in [4.69, 9.17) is 11.6 Å². The molecule has 0 radical (unpaired) electrons. The molecular formula is C24H26ClN3O3. The SMILES string of the molecule is COC(=O)CCCNC(=O)c1nn(-c2ccc(Cl)cc2C)c(-c2ccc(C)cc2)c1C. The lowest BCUT2D eigenvalue weighted by atomic mass is 10.0. The fraction of sp³-hybridized carbons (Fsp3) is 0.292. The van der Waals surface area contributed by atoms with Crippen molar-refractivity contribution in [2.75, 3.05) is 13.7 Å². The van der Waals surface area contributed by atoms with Gasteiger partial charge in [0, 0.05) is 29.1 Å². The molecule has 2 aromatic carbocycles. The largest absolute Gasteiger partial charge is 0.469 e. The van der Waals surface area contributed by atoms with Gasteiger partial charge in [0.1, 0.15) is 0 Å². The Balaban J connectivity index is 1.99. The summed E-state index contributed by atoms with van der Waals surface area (Å²) in [7, 11) is 1.35. The standard InChI is InChI=1S/C24H26ClN3O3/c1-15-7-9-18(10-8-15)23-17(3)22(24(30)26-13-5-6-21(29)31-4)27-28(23)20-12-11-19(25)14-16(20)2/h7-12,14H,5-6,13H2,1-4H3,(H,26,30). The molecule has 0 fully saturated rings. The summed E-state index contributed by atoms with van der Waals surface area (Å²) in [6, 6.07) is 13.7. The zero-order chi connectivity index (χ0) is 22.5. The predicted molar refractivity (Wildman–Crippen MR) is 122 cm³/mol. The molecule has 0 atom stereocenters. The summed E-state index contributed by atoms with van der Waals surface area (Å²) < 4.78 is 6.43. The third kappa shape index (κ3) is 5.14. The minimum Gasteiger partial charge on any atom is -0.469 e. The van der Waals surface area contributed by atoms with Crippen molar-refractivity contribution in [1.29, 1.82) is 0 Å². The highest BCUT2D eigenvalue weighted by Crippen LogP contribution is 2.31. The van der Waals surface area contributed by atoms with Crippen LogP contribution in [0.2, 0.25) is 5.02 Å². The van der Waals surface area contributed by atoms with Crippen LogP contribution in [0.5, 0.6) is 0 Å². The highest BCUT2D eigenvalue weighted by atomic mass is 35.5. The van der Waals surface area contributed by atoms with Crippen LogP contribution in [-0.4, -0.2) is 35.3 Å². The first-order chi connectivity index (χ1) is 14.8. The number of nitrogens with one attached hydrogen (secondary N) is 1. The van der Waals surface area contributed by atoms with E-state index in [1.54, 1.807) is 4.68 Å². The molecule has 0 saturated carbocycles. The molecule has 1 heterocycles. The predicted octanol–water partition coefficient (Wildman–Crippen LogP) is 4.80. The Bertz CT molecular complexity index is 1100. The van der Waals surface area contributed by atoms with Crippen LogP contribution >= 0.6 is 11.6 Å². The second-order valence-corrected chi connectivity index (χ2v) is 7.90. The maximum absolute atomic E-state index is 12.9. The molecule has 0 aliphatic carbocycles. The van der Waals surface area contributed by atoms with Crippen LogP contribution in [0.15, 0.2) is 42.5 Å². The zero-order valence-corrected chi connectivity index (χ0v) is 18.9. The van der Waals surface area contributed by atoms with Crippen molar-refractivity contribution >= 4 is 23.5 Å². The maximum Gasteiger partial charge on any atom is 0.305 e. The van der Waals surface area contributed by atoms with Crippen LogP contribution in [0.4, 0.5) is 0 Å². The van der Waals surface area contributed by atoms with Gasteiger partial charge in [-0.15, -0.1) is 0 Å². The smallest absolute Gasteiger partial charge is 0.305 e. The lowest BCUT2D eigenvalue weighted by molar-refractivity contribution is -0.140. The van der Waals surface area contributed by atoms with E-state index in [1.807, 2.05) is 63.2 Å². The molecule has 3 rings (SSSR count). The number of nitrogens with zero attached hydrogens (tertiary/aromatic N) is 2. The van der Waals surface area contributed by atoms with Crippen LogP contribution in [0.1, 0.15) is 40.0 Å². The number of carbonyl (C=O) groups is 2. The van der Waals surface area contributed by atoms with Gasteiger partial charge in [0.2, 0.25) is 0 Å². The van der Waals surface area contributed by atoms with E-state index in [-0.39, 0.29) is 18.3 Å². The Hall–Kier alpha value is -3.12. The Kier molecular flexibility index (Phi) is 7.13. The van der Waals surface area contributed by atoms with E-state index in [9.17, 15) is 9.59 Å². The molecule has 1 N–H and O–H groups in total. The average molecular weight is 440 g/mol. The van der Waals surface area contributed by atoms with Gasteiger partial charge in [-0.3, -0.25) is 9.59 Å². The van der Waals surface area contributed by atoms with E-state index in [2.05, 4.69) is 15.2 Å². The molecule has 1 amide bonds. The molecule has 3 aromatic rings. The van der Waals surface area contributed by atoms with Crippen LogP contribution in [-0.2, 0) is 9.53 Å². The molecule has 162 valence electrons. The van der Waals surface area contributed by atoms with E-state index >= 15 is 0 Å². The molecule has 0 saturated heterocycles. The number of hydrogen-bond acceptors (Lipinski definition) is 4. The van der Waals surface area contributed by atoms with Crippen molar-refractivity contribution in [3.63, 3.8) is 0 Å². The summed E-state index contributed by atoms with van der Waals surface area (Å²) >= 11 is 6.14. The Morgan fingerprint density at radius 2 is 1.81 bits per heavy atom. The number of aromatic nitrogens is 2. The third-order valence-electron chi connectivity index (χ3n) is 5.12. The van der Waals surface area contributed by atoms with Crippen molar-refractivity contribution in [3.05, 3.63) is 69.9 Å². The summed E-state index contributed by atoms with van der Waals surface area (Å²) in [5, 5.41) is 8.17. The normalized spacial score (nSPS) is 10.7. The molecule has 1 aromatic heterocycles. The zero-order valence-electron chi connectivity index (χ0n) is 18.2. The Morgan fingerprint density at radius 3 is 2.45 bits per heavy atom. The van der Waals surface area contributed by atoms with E-state index in [1.165, 1.54) is 7.11 Å². The van der Waals surface area contributed by atoms with Gasteiger partial charge < -0.3 is 10.1 Å². The fourth-order valence-corrected chi connectivity index (χ4v) is 3.64. The molecule has 0 aliphatic rings. The van der Waals surface area contributed by atoms with Crippen molar-refractivity contribution in [1.82, 2.24) is 15.1 Å². The lowest BCUT2D eigenvalue weighted by Gasteiger charge is -2.12. The molecular weight excluding hydrogens is 414 g/mol. The second kappa shape index (κ2) is 9.79. The van der Waals surface area contributed by atoms with Gasteiger partial charge in [-0.05, 0) is 51.0 Å². The number of amides is 1. The maximum atomic E-state index is 12.9. The van der Waals surface area contributed by atoms with Crippen LogP contribution < -0.4 is 5.32 Å². The summed E-state index contributed by atoms with van der Waals surface area (Å²) in [5.74, 6) is -0.573. The van der Waals surface area contributed by atoms with Crippen molar-refractivity contribution in [2.24, 2.45) is 0 Å². The van der Waals surface area contributed by atoms with E-state index < -0.39 is 0 Å². The average Bonchev–Trinajstić information content (AvgIpc) is 3.08. The topological polar surface area (TPSA) is 73.2 Å². The van der Waals surface area contributed by atoms with Gasteiger partial charge in [0.05, 0.1) is 18.5 Å². The van der Waals surface area contributed by atoms with E-state index in [0.717, 1.165) is 33.6 Å². The van der Waals surface area contributed by atoms with Crippen LogP contribution in [0.3, 0.4) is 0 Å². The summed E-state index contributed by atoms with van der Waals surface area (Å²) in [6.45, 7) is 6.25. The van der Waals surface area contributed by atoms with Gasteiger partial charge in [-0.2, -0.15) is 5.10 Å².